The molecule has 6 heteroatoms. The second-order valence-electron chi connectivity index (χ2n) is 4.24. The first-order chi connectivity index (χ1) is 8.35. The van der Waals surface area contributed by atoms with Crippen molar-refractivity contribution in [2.45, 2.75) is 32.5 Å². The fourth-order valence-corrected chi connectivity index (χ4v) is 1.78. The summed E-state index contributed by atoms with van der Waals surface area (Å²) in [5.74, 6) is 0.326. The van der Waals surface area contributed by atoms with E-state index in [0.717, 1.165) is 0 Å². The van der Waals surface area contributed by atoms with Crippen molar-refractivity contribution in [3.05, 3.63) is 23.9 Å². The lowest BCUT2D eigenvalue weighted by molar-refractivity contribution is -0.119. The molecule has 1 aromatic rings. The van der Waals surface area contributed by atoms with Gasteiger partial charge in [0.2, 0.25) is 0 Å². The Kier molecular flexibility index (Phi) is 4.95. The summed E-state index contributed by atoms with van der Waals surface area (Å²) in [5.41, 5.74) is 6.40. The Hall–Kier alpha value is -1.30. The number of pyridine rings is 1. The molecular formula is C12H18F3N3. The predicted molar refractivity (Wildman–Crippen MR) is 65.4 cm³/mol. The highest BCUT2D eigenvalue weighted by atomic mass is 19.4. The Morgan fingerprint density at radius 2 is 2.11 bits per heavy atom. The molecule has 1 heterocycles. The largest absolute Gasteiger partial charge is 0.405 e. The summed E-state index contributed by atoms with van der Waals surface area (Å²) in [4.78, 5) is 5.28. The van der Waals surface area contributed by atoms with Crippen LogP contribution in [0.2, 0.25) is 0 Å². The van der Waals surface area contributed by atoms with E-state index in [2.05, 4.69) is 4.98 Å². The Morgan fingerprint density at radius 3 is 2.61 bits per heavy atom. The van der Waals surface area contributed by atoms with E-state index < -0.39 is 12.7 Å². The van der Waals surface area contributed by atoms with Gasteiger partial charge in [-0.2, -0.15) is 13.2 Å². The summed E-state index contributed by atoms with van der Waals surface area (Å²) in [5, 5.41) is 0. The van der Waals surface area contributed by atoms with Crippen molar-refractivity contribution in [2.24, 2.45) is 5.73 Å². The molecule has 1 atom stereocenters. The lowest BCUT2D eigenvalue weighted by Crippen LogP contribution is -2.36. The van der Waals surface area contributed by atoms with Gasteiger partial charge in [0.1, 0.15) is 12.4 Å². The molecule has 2 N–H and O–H groups in total. The van der Waals surface area contributed by atoms with Gasteiger partial charge in [0.05, 0.1) is 0 Å². The minimum atomic E-state index is -4.25. The molecule has 1 aromatic heterocycles. The van der Waals surface area contributed by atoms with Gasteiger partial charge in [-0.1, -0.05) is 13.0 Å². The van der Waals surface area contributed by atoms with E-state index in [1.807, 2.05) is 6.92 Å². The van der Waals surface area contributed by atoms with E-state index in [-0.39, 0.29) is 6.04 Å². The fourth-order valence-electron chi connectivity index (χ4n) is 1.78. The number of hydrogen-bond acceptors (Lipinski definition) is 3. The topological polar surface area (TPSA) is 42.2 Å². The molecule has 0 bridgehead atoms. The van der Waals surface area contributed by atoms with Gasteiger partial charge < -0.3 is 10.6 Å². The van der Waals surface area contributed by atoms with Crippen LogP contribution in [-0.4, -0.2) is 24.2 Å². The highest BCUT2D eigenvalue weighted by Crippen LogP contribution is 2.26. The van der Waals surface area contributed by atoms with Crippen LogP contribution in [0, 0.1) is 0 Å². The van der Waals surface area contributed by atoms with Crippen molar-refractivity contribution < 1.29 is 13.2 Å². The fraction of sp³-hybridized carbons (Fsp3) is 0.583. The number of nitrogens with two attached hydrogens (primary N) is 1. The maximum atomic E-state index is 12.5. The zero-order valence-electron chi connectivity index (χ0n) is 10.5. The number of halogens is 3. The van der Waals surface area contributed by atoms with Gasteiger partial charge in [-0.05, 0) is 19.4 Å². The minimum absolute atomic E-state index is 0.302. The molecule has 18 heavy (non-hydrogen) atoms. The highest BCUT2D eigenvalue weighted by Gasteiger charge is 2.32. The smallest absolute Gasteiger partial charge is 0.347 e. The van der Waals surface area contributed by atoms with Gasteiger partial charge in [-0.25, -0.2) is 4.98 Å². The van der Waals surface area contributed by atoms with Crippen LogP contribution in [0.1, 0.15) is 31.9 Å². The molecule has 102 valence electrons. The molecule has 0 aliphatic rings. The number of anilines is 1. The van der Waals surface area contributed by atoms with E-state index >= 15 is 0 Å². The summed E-state index contributed by atoms with van der Waals surface area (Å²) in [6.07, 6.45) is -2.15. The van der Waals surface area contributed by atoms with Crippen LogP contribution < -0.4 is 10.6 Å². The predicted octanol–water partition coefficient (Wildman–Crippen LogP) is 2.88. The number of hydrogen-bond donors (Lipinski definition) is 1. The first-order valence-corrected chi connectivity index (χ1v) is 5.87. The number of aromatic nitrogens is 1. The zero-order valence-corrected chi connectivity index (χ0v) is 10.5. The van der Waals surface area contributed by atoms with Gasteiger partial charge in [-0.3, -0.25) is 0 Å². The summed E-state index contributed by atoms with van der Waals surface area (Å²) in [7, 11) is 0. The summed E-state index contributed by atoms with van der Waals surface area (Å²) in [6.45, 7) is 2.86. The minimum Gasteiger partial charge on any atom is -0.347 e. The molecule has 0 aromatic carbocycles. The highest BCUT2D eigenvalue weighted by molar-refractivity contribution is 5.48. The van der Waals surface area contributed by atoms with Crippen LogP contribution in [0.3, 0.4) is 0 Å². The molecule has 0 radical (unpaired) electrons. The van der Waals surface area contributed by atoms with E-state index in [1.165, 1.54) is 11.1 Å². The van der Waals surface area contributed by atoms with Gasteiger partial charge >= 0.3 is 6.18 Å². The molecule has 0 unspecified atom stereocenters. The Balaban J connectivity index is 3.05. The van der Waals surface area contributed by atoms with Gasteiger partial charge in [0, 0.05) is 24.3 Å². The monoisotopic (exact) mass is 261 g/mol. The van der Waals surface area contributed by atoms with Crippen LogP contribution in [-0.2, 0) is 0 Å². The van der Waals surface area contributed by atoms with E-state index in [0.29, 0.717) is 24.3 Å². The van der Waals surface area contributed by atoms with Gasteiger partial charge in [0.15, 0.2) is 0 Å². The number of nitrogens with zero attached hydrogens (tertiary/aromatic N) is 2. The summed E-state index contributed by atoms with van der Waals surface area (Å²) in [6, 6.07) is 3.05. The van der Waals surface area contributed by atoms with Crippen molar-refractivity contribution in [3.8, 4) is 0 Å². The lowest BCUT2D eigenvalue weighted by Gasteiger charge is -2.27. The van der Waals surface area contributed by atoms with E-state index in [9.17, 15) is 13.2 Å². The standard InChI is InChI=1S/C12H18F3N3/c1-3-7-18(8-12(13,14)15)11-10(9(2)16)5-4-6-17-11/h4-6,9H,3,7-8,16H2,1-2H3/t9-/m1/s1. The number of rotatable bonds is 5. The van der Waals surface area contributed by atoms with Crippen molar-refractivity contribution >= 4 is 5.82 Å². The van der Waals surface area contributed by atoms with Crippen LogP contribution in [0.25, 0.3) is 0 Å². The van der Waals surface area contributed by atoms with E-state index in [4.69, 9.17) is 5.73 Å². The zero-order chi connectivity index (χ0) is 13.8. The average Bonchev–Trinajstić information content (AvgIpc) is 2.26. The van der Waals surface area contributed by atoms with Gasteiger partial charge in [-0.15, -0.1) is 0 Å². The molecule has 0 aliphatic heterocycles. The third-order valence-electron chi connectivity index (χ3n) is 2.47. The normalized spacial score (nSPS) is 13.4. The third kappa shape index (κ3) is 4.18. The first kappa shape index (κ1) is 14.8. The Morgan fingerprint density at radius 1 is 1.44 bits per heavy atom. The van der Waals surface area contributed by atoms with Crippen molar-refractivity contribution in [1.29, 1.82) is 0 Å². The maximum absolute atomic E-state index is 12.5. The lowest BCUT2D eigenvalue weighted by atomic mass is 10.1. The second-order valence-corrected chi connectivity index (χ2v) is 4.24. The Labute approximate surface area is 105 Å². The molecule has 0 spiro atoms. The van der Waals surface area contributed by atoms with Crippen LogP contribution >= 0.6 is 0 Å². The molecule has 1 rings (SSSR count). The molecule has 0 saturated heterocycles. The Bertz CT molecular complexity index is 377. The van der Waals surface area contributed by atoms with E-state index in [1.54, 1.807) is 19.1 Å². The SMILES string of the molecule is CCCN(CC(F)(F)F)c1ncccc1[C@@H](C)N. The van der Waals surface area contributed by atoms with Crippen LogP contribution in [0.15, 0.2) is 18.3 Å². The molecule has 0 saturated carbocycles. The van der Waals surface area contributed by atoms with Gasteiger partial charge in [0.25, 0.3) is 0 Å². The number of alkyl halides is 3. The average molecular weight is 261 g/mol. The van der Waals surface area contributed by atoms with Crippen molar-refractivity contribution in [2.75, 3.05) is 18.0 Å². The molecule has 0 amide bonds. The van der Waals surface area contributed by atoms with Crippen molar-refractivity contribution in [1.82, 2.24) is 4.98 Å². The second kappa shape index (κ2) is 6.04. The van der Waals surface area contributed by atoms with Crippen LogP contribution in [0.4, 0.5) is 19.0 Å². The summed E-state index contributed by atoms with van der Waals surface area (Å²) >= 11 is 0. The van der Waals surface area contributed by atoms with Crippen molar-refractivity contribution in [3.63, 3.8) is 0 Å². The maximum Gasteiger partial charge on any atom is 0.405 e. The van der Waals surface area contributed by atoms with Crippen LogP contribution in [0.5, 0.6) is 0 Å². The first-order valence-electron chi connectivity index (χ1n) is 5.87. The molecule has 3 nitrogen and oxygen atoms in total. The molecular weight excluding hydrogens is 243 g/mol. The summed E-state index contributed by atoms with van der Waals surface area (Å²) < 4.78 is 37.6. The quantitative estimate of drug-likeness (QED) is 0.886. The molecule has 0 aliphatic carbocycles. The third-order valence-corrected chi connectivity index (χ3v) is 2.47. The molecule has 0 fully saturated rings.